The number of aromatic nitrogens is 3. The quantitative estimate of drug-likeness (QED) is 0.107. The van der Waals surface area contributed by atoms with Crippen molar-refractivity contribution in [2.75, 3.05) is 19.8 Å². The summed E-state index contributed by atoms with van der Waals surface area (Å²) in [7, 11) is 0. The van der Waals surface area contributed by atoms with Crippen LogP contribution >= 0.6 is 0 Å². The van der Waals surface area contributed by atoms with Gasteiger partial charge < -0.3 is 19.3 Å². The number of esters is 1. The lowest BCUT2D eigenvalue weighted by atomic mass is 10.0. The van der Waals surface area contributed by atoms with Crippen LogP contribution < -0.4 is 4.74 Å². The van der Waals surface area contributed by atoms with E-state index in [1.54, 1.807) is 19.1 Å². The minimum absolute atomic E-state index is 0.0426. The standard InChI is InChI=1S/C35H39N3O5/c1-8-15-41-19-27(43-35(40)21(2)3)20-42-26-11-14-30(31(39)18-26)34-37-32(28-12-9-22(4)16-24(28)6)36-33(38-34)29-13-10-23(5)17-25(29)7/h9-14,16-18,27,39H,2,8,15,19-20H2,1,3-7H3. The Labute approximate surface area is 253 Å². The van der Waals surface area contributed by atoms with Crippen LogP contribution in [-0.2, 0) is 14.3 Å². The number of ether oxygens (including phenoxy) is 3. The fourth-order valence-electron chi connectivity index (χ4n) is 4.57. The Hall–Kier alpha value is -4.56. The Kier molecular flexibility index (Phi) is 10.3. The molecule has 43 heavy (non-hydrogen) atoms. The molecule has 0 saturated carbocycles. The van der Waals surface area contributed by atoms with E-state index < -0.39 is 12.1 Å². The van der Waals surface area contributed by atoms with E-state index in [2.05, 4.69) is 18.7 Å². The summed E-state index contributed by atoms with van der Waals surface area (Å²) in [4.78, 5) is 26.5. The first-order chi connectivity index (χ1) is 20.5. The van der Waals surface area contributed by atoms with Crippen LogP contribution in [0.5, 0.6) is 11.5 Å². The third kappa shape index (κ3) is 8.05. The summed E-state index contributed by atoms with van der Waals surface area (Å²) >= 11 is 0. The molecule has 0 spiro atoms. The SMILES string of the molecule is C=C(C)C(=O)OC(COCCC)COc1ccc(-c2nc(-c3ccc(C)cc3C)nc(-c3ccc(C)cc3C)n2)c(O)c1. The lowest BCUT2D eigenvalue weighted by molar-refractivity contribution is -0.149. The fraction of sp³-hybridized carbons (Fsp3) is 0.314. The van der Waals surface area contributed by atoms with Crippen molar-refractivity contribution in [3.8, 4) is 45.7 Å². The highest BCUT2D eigenvalue weighted by atomic mass is 16.6. The number of benzene rings is 3. The number of hydrogen-bond donors (Lipinski definition) is 1. The van der Waals surface area contributed by atoms with E-state index in [1.807, 2.05) is 58.9 Å². The fourth-order valence-corrected chi connectivity index (χ4v) is 4.57. The molecule has 8 nitrogen and oxygen atoms in total. The van der Waals surface area contributed by atoms with Gasteiger partial charge >= 0.3 is 5.97 Å². The molecule has 0 aliphatic rings. The second-order valence-electron chi connectivity index (χ2n) is 10.8. The van der Waals surface area contributed by atoms with Crippen LogP contribution in [-0.4, -0.2) is 52.0 Å². The second-order valence-corrected chi connectivity index (χ2v) is 10.8. The third-order valence-electron chi connectivity index (χ3n) is 6.80. The topological polar surface area (TPSA) is 104 Å². The Bertz CT molecular complexity index is 1560. The monoisotopic (exact) mass is 581 g/mol. The number of carbonyl (C=O) groups is 1. The third-order valence-corrected chi connectivity index (χ3v) is 6.80. The largest absolute Gasteiger partial charge is 0.507 e. The summed E-state index contributed by atoms with van der Waals surface area (Å²) in [5.74, 6) is 1.20. The maximum atomic E-state index is 12.1. The molecule has 4 rings (SSSR count). The summed E-state index contributed by atoms with van der Waals surface area (Å²) < 4.78 is 16.9. The van der Waals surface area contributed by atoms with Crippen molar-refractivity contribution in [2.24, 2.45) is 0 Å². The predicted molar refractivity (Wildman–Crippen MR) is 168 cm³/mol. The van der Waals surface area contributed by atoms with E-state index in [0.29, 0.717) is 41.0 Å². The molecular formula is C35H39N3O5. The lowest BCUT2D eigenvalue weighted by Crippen LogP contribution is -2.30. The van der Waals surface area contributed by atoms with Crippen LogP contribution in [0, 0.1) is 27.7 Å². The summed E-state index contributed by atoms with van der Waals surface area (Å²) in [5.41, 5.74) is 6.88. The Morgan fingerprint density at radius 1 is 0.814 bits per heavy atom. The van der Waals surface area contributed by atoms with Gasteiger partial charge in [0.05, 0.1) is 12.2 Å². The van der Waals surface area contributed by atoms with Gasteiger partial charge in [0.25, 0.3) is 0 Å². The molecule has 1 atom stereocenters. The van der Waals surface area contributed by atoms with Gasteiger partial charge in [0.15, 0.2) is 23.6 Å². The van der Waals surface area contributed by atoms with Gasteiger partial charge in [-0.2, -0.15) is 0 Å². The van der Waals surface area contributed by atoms with Gasteiger partial charge in [-0.25, -0.2) is 19.7 Å². The van der Waals surface area contributed by atoms with Crippen LogP contribution in [0.3, 0.4) is 0 Å². The van der Waals surface area contributed by atoms with Crippen LogP contribution in [0.4, 0.5) is 0 Å². The summed E-state index contributed by atoms with van der Waals surface area (Å²) in [6, 6.07) is 17.2. The van der Waals surface area contributed by atoms with Crippen LogP contribution in [0.15, 0.2) is 66.7 Å². The maximum Gasteiger partial charge on any atom is 0.333 e. The minimum atomic E-state index is -0.637. The van der Waals surface area contributed by atoms with Gasteiger partial charge in [0.2, 0.25) is 0 Å². The molecule has 1 unspecified atom stereocenters. The zero-order valence-corrected chi connectivity index (χ0v) is 25.7. The van der Waals surface area contributed by atoms with Crippen molar-refractivity contribution >= 4 is 5.97 Å². The second kappa shape index (κ2) is 14.1. The van der Waals surface area contributed by atoms with E-state index >= 15 is 0 Å². The van der Waals surface area contributed by atoms with Gasteiger partial charge in [0.1, 0.15) is 18.1 Å². The number of phenols is 1. The Morgan fingerprint density at radius 2 is 1.35 bits per heavy atom. The van der Waals surface area contributed by atoms with Gasteiger partial charge in [0, 0.05) is 29.4 Å². The molecule has 224 valence electrons. The van der Waals surface area contributed by atoms with E-state index in [1.165, 1.54) is 6.07 Å². The molecule has 0 saturated heterocycles. The van der Waals surface area contributed by atoms with E-state index in [4.69, 9.17) is 29.2 Å². The molecule has 1 heterocycles. The van der Waals surface area contributed by atoms with Crippen LogP contribution in [0.2, 0.25) is 0 Å². The first-order valence-electron chi connectivity index (χ1n) is 14.4. The van der Waals surface area contributed by atoms with Crippen LogP contribution in [0.25, 0.3) is 34.2 Å². The molecule has 0 aliphatic heterocycles. The molecule has 1 aromatic heterocycles. The van der Waals surface area contributed by atoms with E-state index in [-0.39, 0.29) is 19.0 Å². The van der Waals surface area contributed by atoms with E-state index in [0.717, 1.165) is 39.8 Å². The molecule has 0 radical (unpaired) electrons. The smallest absolute Gasteiger partial charge is 0.333 e. The van der Waals surface area contributed by atoms with Crippen molar-refractivity contribution in [1.82, 2.24) is 15.0 Å². The highest BCUT2D eigenvalue weighted by Gasteiger charge is 2.19. The zero-order chi connectivity index (χ0) is 31.1. The first kappa shape index (κ1) is 31.4. The summed E-state index contributed by atoms with van der Waals surface area (Å²) in [6.45, 7) is 16.1. The summed E-state index contributed by atoms with van der Waals surface area (Å²) in [6.07, 6.45) is 0.201. The van der Waals surface area contributed by atoms with E-state index in [9.17, 15) is 9.90 Å². The normalized spacial score (nSPS) is 11.7. The molecule has 8 heteroatoms. The molecule has 0 aliphatic carbocycles. The molecule has 1 N–H and O–H groups in total. The number of aryl methyl sites for hydroxylation is 4. The Morgan fingerprint density at radius 3 is 1.84 bits per heavy atom. The van der Waals surface area contributed by atoms with Crippen molar-refractivity contribution < 1.29 is 24.1 Å². The maximum absolute atomic E-state index is 12.1. The van der Waals surface area contributed by atoms with Crippen molar-refractivity contribution in [1.29, 1.82) is 0 Å². The lowest BCUT2D eigenvalue weighted by Gasteiger charge is -2.19. The van der Waals surface area contributed by atoms with Crippen LogP contribution in [0.1, 0.15) is 42.5 Å². The average molecular weight is 582 g/mol. The number of nitrogens with zero attached hydrogens (tertiary/aromatic N) is 3. The zero-order valence-electron chi connectivity index (χ0n) is 25.7. The first-order valence-corrected chi connectivity index (χ1v) is 14.4. The number of phenolic OH excluding ortho intramolecular Hbond substituents is 1. The minimum Gasteiger partial charge on any atom is -0.507 e. The number of aromatic hydroxyl groups is 1. The van der Waals surface area contributed by atoms with Gasteiger partial charge in [-0.15, -0.1) is 0 Å². The molecule has 3 aromatic carbocycles. The van der Waals surface area contributed by atoms with Gasteiger partial charge in [-0.3, -0.25) is 0 Å². The van der Waals surface area contributed by atoms with Crippen molar-refractivity contribution in [2.45, 2.75) is 54.1 Å². The van der Waals surface area contributed by atoms with Gasteiger partial charge in [-0.1, -0.05) is 61.0 Å². The number of carbonyl (C=O) groups excluding carboxylic acids is 1. The molecule has 0 amide bonds. The summed E-state index contributed by atoms with van der Waals surface area (Å²) in [5, 5.41) is 11.1. The number of rotatable bonds is 12. The molecule has 0 fully saturated rings. The molecule has 4 aromatic rings. The number of hydrogen-bond acceptors (Lipinski definition) is 8. The highest BCUT2D eigenvalue weighted by Crippen LogP contribution is 2.34. The predicted octanol–water partition coefficient (Wildman–Crippen LogP) is 7.11. The molecular weight excluding hydrogens is 542 g/mol. The molecule has 0 bridgehead atoms. The Balaban J connectivity index is 1.67. The van der Waals surface area contributed by atoms with Gasteiger partial charge in [-0.05, 0) is 64.3 Å². The van der Waals surface area contributed by atoms with Crippen molar-refractivity contribution in [3.05, 3.63) is 89.0 Å². The highest BCUT2D eigenvalue weighted by molar-refractivity contribution is 5.87. The van der Waals surface area contributed by atoms with Crippen molar-refractivity contribution in [3.63, 3.8) is 0 Å². The average Bonchev–Trinajstić information content (AvgIpc) is 2.95.